The fourth-order valence-electron chi connectivity index (χ4n) is 3.87. The minimum absolute atomic E-state index is 0.299. The molecule has 15 heteroatoms. The van der Waals surface area contributed by atoms with Gasteiger partial charge in [0.1, 0.15) is 23.0 Å². The third kappa shape index (κ3) is 6.95. The Morgan fingerprint density at radius 3 is 2.73 bits per heavy atom. The van der Waals surface area contributed by atoms with Gasteiger partial charge in [0.2, 0.25) is 5.91 Å². The van der Waals surface area contributed by atoms with Gasteiger partial charge in [-0.05, 0) is 46.8 Å². The maximum atomic E-state index is 13.1. The maximum absolute atomic E-state index is 13.1. The Bertz CT molecular complexity index is 1670. The van der Waals surface area contributed by atoms with E-state index in [9.17, 15) is 9.59 Å². The first-order valence-corrected chi connectivity index (χ1v) is 13.6. The fraction of sp³-hybridized carbons (Fsp3) is 0.115. The largest absolute Gasteiger partial charge is 0.453 e. The van der Waals surface area contributed by atoms with Crippen molar-refractivity contribution in [2.45, 2.75) is 12.5 Å². The molecule has 2 aromatic carbocycles. The quantitative estimate of drug-likeness (QED) is 0.195. The molecule has 0 aliphatic heterocycles. The van der Waals surface area contributed by atoms with Gasteiger partial charge in [-0.2, -0.15) is 4.68 Å². The van der Waals surface area contributed by atoms with E-state index in [1.165, 1.54) is 35.5 Å². The smallest absolute Gasteiger partial charge is 0.411 e. The highest BCUT2D eigenvalue weighted by molar-refractivity contribution is 7.09. The van der Waals surface area contributed by atoms with Crippen LogP contribution in [-0.4, -0.2) is 54.3 Å². The number of aromatic amines is 1. The number of tetrazole rings is 1. The van der Waals surface area contributed by atoms with Gasteiger partial charge in [0.05, 0.1) is 23.8 Å². The van der Waals surface area contributed by atoms with Gasteiger partial charge in [-0.1, -0.05) is 35.3 Å². The molecule has 0 spiro atoms. The van der Waals surface area contributed by atoms with E-state index in [1.54, 1.807) is 54.7 Å². The number of hydrogen-bond acceptors (Lipinski definition) is 9. The van der Waals surface area contributed by atoms with E-state index in [1.807, 2.05) is 5.38 Å². The van der Waals surface area contributed by atoms with Crippen LogP contribution in [0.15, 0.2) is 66.4 Å². The van der Waals surface area contributed by atoms with Crippen molar-refractivity contribution in [3.63, 3.8) is 0 Å². The summed E-state index contributed by atoms with van der Waals surface area (Å²) in [5.41, 5.74) is 3.05. The van der Waals surface area contributed by atoms with E-state index in [0.29, 0.717) is 50.6 Å². The number of amides is 2. The van der Waals surface area contributed by atoms with Crippen molar-refractivity contribution in [3.05, 3.63) is 93.0 Å². The van der Waals surface area contributed by atoms with Crippen LogP contribution in [0.3, 0.4) is 0 Å². The van der Waals surface area contributed by atoms with Gasteiger partial charge in [0.25, 0.3) is 0 Å². The molecule has 0 aliphatic carbocycles. The van der Waals surface area contributed by atoms with Crippen molar-refractivity contribution in [2.75, 3.05) is 12.4 Å². The van der Waals surface area contributed by atoms with Crippen LogP contribution in [0, 0.1) is 0 Å². The molecule has 0 saturated carbocycles. The first-order valence-electron chi connectivity index (χ1n) is 12.0. The number of H-pyrrole nitrogens is 1. The van der Waals surface area contributed by atoms with Gasteiger partial charge in [0, 0.05) is 45.9 Å². The number of ether oxygens (including phenoxy) is 1. The molecule has 208 valence electrons. The zero-order valence-corrected chi connectivity index (χ0v) is 23.6. The Labute approximate surface area is 247 Å². The summed E-state index contributed by atoms with van der Waals surface area (Å²) in [6, 6.07) is 11.5. The molecule has 0 saturated heterocycles. The molecule has 0 bridgehead atoms. The van der Waals surface area contributed by atoms with Crippen molar-refractivity contribution in [2.24, 2.45) is 0 Å². The van der Waals surface area contributed by atoms with E-state index < -0.39 is 12.1 Å². The summed E-state index contributed by atoms with van der Waals surface area (Å²) in [5, 5.41) is 20.3. The molecule has 2 amide bonds. The number of benzene rings is 2. The first kappa shape index (κ1) is 28.0. The average molecular weight is 610 g/mol. The lowest BCUT2D eigenvalue weighted by molar-refractivity contribution is -0.117. The Morgan fingerprint density at radius 2 is 2.02 bits per heavy atom. The SMILES string of the molecule is COC(=O)Nc1ccc(-c2nc(C(Cc3nccs3)NC(=O)/C=C/c3cc(Cl)ccc3-n3cnnn3)[nH]c2Cl)cc1. The number of halogens is 2. The minimum atomic E-state index is -0.574. The highest BCUT2D eigenvalue weighted by atomic mass is 35.5. The lowest BCUT2D eigenvalue weighted by Crippen LogP contribution is -2.29. The summed E-state index contributed by atoms with van der Waals surface area (Å²) in [7, 11) is 1.29. The summed E-state index contributed by atoms with van der Waals surface area (Å²) >= 11 is 14.2. The highest BCUT2D eigenvalue weighted by Crippen LogP contribution is 2.30. The van der Waals surface area contributed by atoms with Crippen molar-refractivity contribution >= 4 is 58.3 Å². The van der Waals surface area contributed by atoms with E-state index >= 15 is 0 Å². The van der Waals surface area contributed by atoms with Crippen LogP contribution in [0.1, 0.15) is 22.4 Å². The van der Waals surface area contributed by atoms with Crippen molar-refractivity contribution in [3.8, 4) is 16.9 Å². The minimum Gasteiger partial charge on any atom is -0.453 e. The third-order valence-electron chi connectivity index (χ3n) is 5.78. The number of nitrogens with one attached hydrogen (secondary N) is 3. The lowest BCUT2D eigenvalue weighted by atomic mass is 10.1. The van der Waals surface area contributed by atoms with Crippen LogP contribution in [0.4, 0.5) is 10.5 Å². The molecule has 5 aromatic rings. The number of anilines is 1. The first-order chi connectivity index (χ1) is 19.9. The number of hydrogen-bond donors (Lipinski definition) is 3. The second kappa shape index (κ2) is 12.7. The van der Waals surface area contributed by atoms with Gasteiger partial charge < -0.3 is 15.0 Å². The summed E-state index contributed by atoms with van der Waals surface area (Å²) in [6.07, 6.45) is 5.98. The number of imidazole rings is 1. The zero-order chi connectivity index (χ0) is 28.8. The zero-order valence-electron chi connectivity index (χ0n) is 21.3. The molecule has 5 rings (SSSR count). The second-order valence-electron chi connectivity index (χ2n) is 8.46. The van der Waals surface area contributed by atoms with Gasteiger partial charge in [-0.15, -0.1) is 16.4 Å². The van der Waals surface area contributed by atoms with E-state index in [4.69, 9.17) is 28.2 Å². The van der Waals surface area contributed by atoms with Gasteiger partial charge in [-0.25, -0.2) is 14.8 Å². The van der Waals surface area contributed by atoms with Crippen LogP contribution in [0.5, 0.6) is 0 Å². The molecule has 3 aromatic heterocycles. The van der Waals surface area contributed by atoms with Gasteiger partial charge >= 0.3 is 6.09 Å². The monoisotopic (exact) mass is 609 g/mol. The molecule has 41 heavy (non-hydrogen) atoms. The standard InChI is InChI=1S/C26H21Cl2N9O3S/c1-40-26(39)31-18-6-2-15(3-7-18)23-24(28)34-25(33-23)19(13-22-29-10-11-41-22)32-21(38)9-4-16-12-17(27)5-8-20(16)37-14-30-35-36-37/h2-12,14,19H,13H2,1H3,(H,31,39)(H,32,38)(H,33,34)/b9-4+. The Morgan fingerprint density at radius 1 is 1.20 bits per heavy atom. The van der Waals surface area contributed by atoms with Crippen LogP contribution < -0.4 is 10.6 Å². The van der Waals surface area contributed by atoms with Gasteiger partial charge in [-0.3, -0.25) is 10.1 Å². The average Bonchev–Trinajstić information content (AvgIpc) is 3.75. The number of rotatable bonds is 9. The van der Waals surface area contributed by atoms with Crippen LogP contribution in [0.25, 0.3) is 23.0 Å². The van der Waals surface area contributed by atoms with Crippen LogP contribution >= 0.6 is 34.5 Å². The molecule has 0 radical (unpaired) electrons. The summed E-state index contributed by atoms with van der Waals surface area (Å²) < 4.78 is 6.09. The van der Waals surface area contributed by atoms with Crippen molar-refractivity contribution in [1.82, 2.24) is 40.5 Å². The maximum Gasteiger partial charge on any atom is 0.411 e. The molecule has 0 fully saturated rings. The lowest BCUT2D eigenvalue weighted by Gasteiger charge is -2.14. The molecule has 0 aliphatic rings. The number of methoxy groups -OCH3 is 1. The van der Waals surface area contributed by atoms with E-state index in [0.717, 1.165) is 5.01 Å². The number of nitrogens with zero attached hydrogens (tertiary/aromatic N) is 6. The number of aromatic nitrogens is 7. The molecule has 3 heterocycles. The Hall–Kier alpha value is -4.59. The number of thiazole rings is 1. The second-order valence-corrected chi connectivity index (χ2v) is 10.3. The van der Waals surface area contributed by atoms with Gasteiger partial charge in [0.15, 0.2) is 0 Å². The number of carbonyl (C=O) groups is 2. The topological polar surface area (TPSA) is 153 Å². The molecule has 12 nitrogen and oxygen atoms in total. The predicted molar refractivity (Wildman–Crippen MR) is 155 cm³/mol. The van der Waals surface area contributed by atoms with E-state index in [-0.39, 0.29) is 5.91 Å². The molecule has 3 N–H and O–H groups in total. The molecular formula is C26H21Cl2N9O3S. The summed E-state index contributed by atoms with van der Waals surface area (Å²) in [4.78, 5) is 36.7. The molecular weight excluding hydrogens is 589 g/mol. The molecule has 1 unspecified atom stereocenters. The van der Waals surface area contributed by atoms with Crippen LogP contribution in [-0.2, 0) is 16.0 Å². The molecule has 1 atom stereocenters. The van der Waals surface area contributed by atoms with E-state index in [2.05, 4.69) is 40.9 Å². The Kier molecular flexibility index (Phi) is 8.67. The summed E-state index contributed by atoms with van der Waals surface area (Å²) in [5.74, 6) is 0.0809. The Balaban J connectivity index is 1.38. The fourth-order valence-corrected chi connectivity index (χ4v) is 4.97. The third-order valence-corrected chi connectivity index (χ3v) is 7.09. The highest BCUT2D eigenvalue weighted by Gasteiger charge is 2.22. The van der Waals surface area contributed by atoms with Crippen molar-refractivity contribution < 1.29 is 14.3 Å². The predicted octanol–water partition coefficient (Wildman–Crippen LogP) is 5.11. The summed E-state index contributed by atoms with van der Waals surface area (Å²) in [6.45, 7) is 0. The van der Waals surface area contributed by atoms with Crippen LogP contribution in [0.2, 0.25) is 10.2 Å². The van der Waals surface area contributed by atoms with Crippen molar-refractivity contribution in [1.29, 1.82) is 0 Å². The number of carbonyl (C=O) groups excluding carboxylic acids is 2. The normalized spacial score (nSPS) is 11.9.